The number of likely N-dealkylation sites (tertiary alicyclic amines) is 2. The summed E-state index contributed by atoms with van der Waals surface area (Å²) in [7, 11) is 1.48. The number of fused-ring (bicyclic) bond motifs is 2. The molecule has 3 aliphatic rings. The molecule has 2 heterocycles. The van der Waals surface area contributed by atoms with Crippen LogP contribution >= 0.6 is 11.6 Å². The fraction of sp³-hybridized carbons (Fsp3) is 0.526. The summed E-state index contributed by atoms with van der Waals surface area (Å²) in [5.74, 6) is -0.0404. The van der Waals surface area contributed by atoms with Crippen LogP contribution in [0.3, 0.4) is 0 Å². The summed E-state index contributed by atoms with van der Waals surface area (Å²) < 4.78 is 0. The predicted molar refractivity (Wildman–Crippen MR) is 93.0 cm³/mol. The second-order valence-corrected chi connectivity index (χ2v) is 7.96. The normalized spacial score (nSPS) is 31.3. The van der Waals surface area contributed by atoms with Crippen LogP contribution in [-0.2, 0) is 19.8 Å². The van der Waals surface area contributed by atoms with Crippen molar-refractivity contribution in [2.24, 2.45) is 5.92 Å². The molecule has 132 valence electrons. The Balaban J connectivity index is 1.70. The molecule has 1 saturated carbocycles. The van der Waals surface area contributed by atoms with Crippen LogP contribution in [0.15, 0.2) is 24.3 Å². The average Bonchev–Trinajstić information content (AvgIpc) is 3.27. The first-order valence-corrected chi connectivity index (χ1v) is 9.15. The fourth-order valence-corrected chi connectivity index (χ4v) is 5.09. The molecule has 1 aliphatic carbocycles. The Bertz CT molecular complexity index is 765. The Hall–Kier alpha value is -1.88. The van der Waals surface area contributed by atoms with E-state index in [1.807, 2.05) is 4.90 Å². The number of hydrogen-bond acceptors (Lipinski definition) is 3. The number of hydrogen-bond donors (Lipinski definition) is 0. The van der Waals surface area contributed by atoms with Crippen LogP contribution in [-0.4, -0.2) is 47.2 Å². The summed E-state index contributed by atoms with van der Waals surface area (Å²) in [6.07, 6.45) is 3.30. The monoisotopic (exact) mass is 360 g/mol. The molecule has 0 radical (unpaired) electrons. The summed E-state index contributed by atoms with van der Waals surface area (Å²) in [5.41, 5.74) is -0.597. The molecule has 0 aromatic heterocycles. The number of imide groups is 1. The highest BCUT2D eigenvalue weighted by atomic mass is 35.5. The van der Waals surface area contributed by atoms with E-state index in [0.29, 0.717) is 22.5 Å². The summed E-state index contributed by atoms with van der Waals surface area (Å²) >= 11 is 6.35. The molecule has 25 heavy (non-hydrogen) atoms. The van der Waals surface area contributed by atoms with Crippen molar-refractivity contribution in [1.82, 2.24) is 9.80 Å². The van der Waals surface area contributed by atoms with Crippen molar-refractivity contribution in [3.05, 3.63) is 34.9 Å². The van der Waals surface area contributed by atoms with Gasteiger partial charge in [-0.15, -0.1) is 0 Å². The molecule has 1 aromatic rings. The molecular formula is C19H21ClN2O3. The molecular weight excluding hydrogens is 340 g/mol. The molecule has 5 nitrogen and oxygen atoms in total. The Kier molecular flexibility index (Phi) is 3.87. The van der Waals surface area contributed by atoms with Crippen LogP contribution in [0, 0.1) is 5.92 Å². The van der Waals surface area contributed by atoms with Gasteiger partial charge in [-0.1, -0.05) is 29.8 Å². The highest BCUT2D eigenvalue weighted by Crippen LogP contribution is 2.44. The zero-order valence-electron chi connectivity index (χ0n) is 14.2. The Labute approximate surface area is 151 Å². The van der Waals surface area contributed by atoms with E-state index in [9.17, 15) is 14.4 Å². The van der Waals surface area contributed by atoms with Gasteiger partial charge in [-0.3, -0.25) is 19.3 Å². The number of nitrogens with zero attached hydrogens (tertiary/aromatic N) is 2. The lowest BCUT2D eigenvalue weighted by molar-refractivity contribution is -0.142. The smallest absolute Gasteiger partial charge is 0.240 e. The molecule has 1 aromatic carbocycles. The Morgan fingerprint density at radius 2 is 2.04 bits per heavy atom. The number of benzene rings is 1. The minimum atomic E-state index is -1.18. The van der Waals surface area contributed by atoms with Crippen molar-refractivity contribution in [2.45, 2.75) is 43.6 Å². The van der Waals surface area contributed by atoms with Crippen molar-refractivity contribution in [3.63, 3.8) is 0 Å². The van der Waals surface area contributed by atoms with Crippen LogP contribution in [0.2, 0.25) is 5.02 Å². The predicted octanol–water partition coefficient (Wildman–Crippen LogP) is 2.37. The van der Waals surface area contributed by atoms with E-state index < -0.39 is 5.41 Å². The third-order valence-corrected chi connectivity index (χ3v) is 6.44. The van der Waals surface area contributed by atoms with Gasteiger partial charge < -0.3 is 4.90 Å². The zero-order chi connectivity index (χ0) is 17.8. The number of likely N-dealkylation sites (N-methyl/N-ethyl adjacent to an activating group) is 1. The number of amides is 3. The maximum absolute atomic E-state index is 13.0. The van der Waals surface area contributed by atoms with E-state index in [0.717, 1.165) is 24.3 Å². The molecule has 3 unspecified atom stereocenters. The Morgan fingerprint density at radius 1 is 1.28 bits per heavy atom. The summed E-state index contributed by atoms with van der Waals surface area (Å²) in [6, 6.07) is 7.34. The molecule has 0 N–H and O–H groups in total. The molecule has 6 heteroatoms. The standard InChI is InChI=1S/C19H21ClN2O3/c1-21-16(23)9-19(18(21)25,14-4-2-3-5-15(14)20)10-17(24)22-11-12-6-7-13(22)8-12/h2-5,12-13H,6-11H2,1H3. The minimum Gasteiger partial charge on any atom is -0.339 e. The van der Waals surface area contributed by atoms with Gasteiger partial charge in [0.1, 0.15) is 0 Å². The third-order valence-electron chi connectivity index (χ3n) is 6.11. The first-order valence-electron chi connectivity index (χ1n) is 8.78. The second kappa shape index (κ2) is 5.84. The second-order valence-electron chi connectivity index (χ2n) is 7.55. The van der Waals surface area contributed by atoms with Gasteiger partial charge in [0.2, 0.25) is 17.7 Å². The van der Waals surface area contributed by atoms with Gasteiger partial charge in [0.25, 0.3) is 0 Å². The number of halogens is 1. The lowest BCUT2D eigenvalue weighted by Crippen LogP contribution is -2.45. The third kappa shape index (κ3) is 2.48. The highest BCUT2D eigenvalue weighted by Gasteiger charge is 2.54. The van der Waals surface area contributed by atoms with E-state index in [-0.39, 0.29) is 30.6 Å². The maximum atomic E-state index is 13.0. The van der Waals surface area contributed by atoms with E-state index in [4.69, 9.17) is 11.6 Å². The van der Waals surface area contributed by atoms with Gasteiger partial charge in [0, 0.05) is 37.5 Å². The molecule has 2 bridgehead atoms. The summed E-state index contributed by atoms with van der Waals surface area (Å²) in [4.78, 5) is 41.3. The highest BCUT2D eigenvalue weighted by molar-refractivity contribution is 6.32. The first kappa shape index (κ1) is 16.6. The number of piperidine rings is 1. The largest absolute Gasteiger partial charge is 0.339 e. The van der Waals surface area contributed by atoms with E-state index in [2.05, 4.69) is 0 Å². The maximum Gasteiger partial charge on any atom is 0.240 e. The molecule has 3 atom stereocenters. The van der Waals surface area contributed by atoms with Crippen LogP contribution in [0.4, 0.5) is 0 Å². The number of carbonyl (C=O) groups is 3. The van der Waals surface area contributed by atoms with Crippen LogP contribution in [0.25, 0.3) is 0 Å². The van der Waals surface area contributed by atoms with Crippen molar-refractivity contribution >= 4 is 29.3 Å². The van der Waals surface area contributed by atoms with Crippen LogP contribution in [0.5, 0.6) is 0 Å². The summed E-state index contributed by atoms with van der Waals surface area (Å²) in [6.45, 7) is 0.778. The first-order chi connectivity index (χ1) is 11.9. The topological polar surface area (TPSA) is 57.7 Å². The van der Waals surface area contributed by atoms with Crippen molar-refractivity contribution in [1.29, 1.82) is 0 Å². The van der Waals surface area contributed by atoms with Crippen LogP contribution in [0.1, 0.15) is 37.7 Å². The lowest BCUT2D eigenvalue weighted by Gasteiger charge is -2.32. The van der Waals surface area contributed by atoms with Crippen molar-refractivity contribution < 1.29 is 14.4 Å². The Morgan fingerprint density at radius 3 is 2.60 bits per heavy atom. The van der Waals surface area contributed by atoms with Crippen molar-refractivity contribution in [2.75, 3.05) is 13.6 Å². The fourth-order valence-electron chi connectivity index (χ4n) is 4.77. The van der Waals surface area contributed by atoms with Gasteiger partial charge in [-0.05, 0) is 36.8 Å². The van der Waals surface area contributed by atoms with E-state index in [1.165, 1.54) is 13.5 Å². The molecule has 4 rings (SSSR count). The zero-order valence-corrected chi connectivity index (χ0v) is 15.0. The van der Waals surface area contributed by atoms with Crippen LogP contribution < -0.4 is 0 Å². The molecule has 2 aliphatic heterocycles. The molecule has 3 amide bonds. The van der Waals surface area contributed by atoms with E-state index in [1.54, 1.807) is 24.3 Å². The van der Waals surface area contributed by atoms with Gasteiger partial charge in [-0.2, -0.15) is 0 Å². The number of rotatable bonds is 3. The van der Waals surface area contributed by atoms with E-state index >= 15 is 0 Å². The minimum absolute atomic E-state index is 0.000256. The summed E-state index contributed by atoms with van der Waals surface area (Å²) in [5, 5.41) is 0.426. The van der Waals surface area contributed by atoms with Gasteiger partial charge in [0.05, 0.1) is 5.41 Å². The molecule has 2 saturated heterocycles. The SMILES string of the molecule is CN1C(=O)CC(CC(=O)N2CC3CCC2C3)(c2ccccc2Cl)C1=O. The van der Waals surface area contributed by atoms with Crippen molar-refractivity contribution in [3.8, 4) is 0 Å². The van der Waals surface area contributed by atoms with Gasteiger partial charge in [-0.25, -0.2) is 0 Å². The van der Waals surface area contributed by atoms with Gasteiger partial charge in [0.15, 0.2) is 0 Å². The average molecular weight is 361 g/mol. The quantitative estimate of drug-likeness (QED) is 0.777. The lowest BCUT2D eigenvalue weighted by atomic mass is 9.75. The number of carbonyl (C=O) groups excluding carboxylic acids is 3. The van der Waals surface area contributed by atoms with Gasteiger partial charge >= 0.3 is 0 Å². The molecule has 3 fully saturated rings. The molecule has 0 spiro atoms.